The van der Waals surface area contributed by atoms with Crippen LogP contribution in [0.3, 0.4) is 0 Å². The largest absolute Gasteiger partial charge is 0.378 e. The van der Waals surface area contributed by atoms with Gasteiger partial charge in [0.1, 0.15) is 0 Å². The van der Waals surface area contributed by atoms with Gasteiger partial charge < -0.3 is 15.4 Å². The summed E-state index contributed by atoms with van der Waals surface area (Å²) in [5, 5.41) is 6.19. The van der Waals surface area contributed by atoms with Crippen LogP contribution in [0, 0.1) is 0 Å². The maximum Gasteiger partial charge on any atom is 0.221 e. The number of benzene rings is 1. The first-order valence-electron chi connectivity index (χ1n) is 6.07. The summed E-state index contributed by atoms with van der Waals surface area (Å²) in [6, 6.07) is 8.02. The molecule has 1 saturated heterocycles. The topological polar surface area (TPSA) is 50.4 Å². The van der Waals surface area contributed by atoms with Crippen LogP contribution in [0.2, 0.25) is 0 Å². The highest BCUT2D eigenvalue weighted by atomic mass is 79.9. The molecule has 0 aromatic heterocycles. The van der Waals surface area contributed by atoms with Crippen LogP contribution in [0.25, 0.3) is 0 Å². The van der Waals surface area contributed by atoms with Crippen LogP contribution in [-0.2, 0) is 16.1 Å². The molecule has 1 fully saturated rings. The minimum absolute atomic E-state index is 0. The van der Waals surface area contributed by atoms with Gasteiger partial charge >= 0.3 is 0 Å². The Labute approximate surface area is 127 Å². The van der Waals surface area contributed by atoms with Gasteiger partial charge in [0.05, 0.1) is 13.2 Å². The molecule has 1 heterocycles. The number of ether oxygens (including phenoxy) is 1. The summed E-state index contributed by atoms with van der Waals surface area (Å²) in [5.74, 6) is 0.0498. The highest BCUT2D eigenvalue weighted by Crippen LogP contribution is 2.15. The predicted octanol–water partition coefficient (Wildman–Crippen LogP) is 1.87. The lowest BCUT2D eigenvalue weighted by Crippen LogP contribution is -2.44. The molecule has 6 heteroatoms. The van der Waals surface area contributed by atoms with E-state index in [1.54, 1.807) is 0 Å². The first-order valence-corrected chi connectivity index (χ1v) is 6.86. The Morgan fingerprint density at radius 2 is 2.26 bits per heavy atom. The van der Waals surface area contributed by atoms with E-state index in [-0.39, 0.29) is 24.4 Å². The van der Waals surface area contributed by atoms with Crippen molar-refractivity contribution in [2.75, 3.05) is 19.8 Å². The summed E-state index contributed by atoms with van der Waals surface area (Å²) in [4.78, 5) is 11.8. The van der Waals surface area contributed by atoms with Gasteiger partial charge in [0.2, 0.25) is 5.91 Å². The lowest BCUT2D eigenvalue weighted by molar-refractivity contribution is -0.122. The summed E-state index contributed by atoms with van der Waals surface area (Å²) >= 11 is 3.46. The van der Waals surface area contributed by atoms with Gasteiger partial charge in [0.25, 0.3) is 0 Å². The zero-order valence-corrected chi connectivity index (χ0v) is 12.9. The molecular weight excluding hydrogens is 332 g/mol. The van der Waals surface area contributed by atoms with E-state index in [9.17, 15) is 4.79 Å². The van der Waals surface area contributed by atoms with Gasteiger partial charge in [-0.1, -0.05) is 34.1 Å². The molecule has 0 radical (unpaired) electrons. The second-order valence-electron chi connectivity index (χ2n) is 4.30. The van der Waals surface area contributed by atoms with E-state index in [4.69, 9.17) is 4.74 Å². The zero-order chi connectivity index (χ0) is 12.8. The Balaban J connectivity index is 0.00000180. The van der Waals surface area contributed by atoms with Crippen molar-refractivity contribution in [1.29, 1.82) is 0 Å². The minimum atomic E-state index is 0. The Hall–Kier alpha value is -0.620. The molecule has 19 heavy (non-hydrogen) atoms. The maximum absolute atomic E-state index is 11.8. The Kier molecular flexibility index (Phi) is 7.38. The molecule has 2 rings (SSSR count). The van der Waals surface area contributed by atoms with E-state index in [2.05, 4.69) is 26.6 Å². The quantitative estimate of drug-likeness (QED) is 0.872. The fraction of sp³-hybridized carbons (Fsp3) is 0.462. The SMILES string of the molecule is Cl.O=C(CC1COCCN1)NCc1ccccc1Br. The number of hydrogen-bond acceptors (Lipinski definition) is 3. The Morgan fingerprint density at radius 3 is 2.95 bits per heavy atom. The average molecular weight is 350 g/mol. The van der Waals surface area contributed by atoms with Gasteiger partial charge in [-0.2, -0.15) is 0 Å². The van der Waals surface area contributed by atoms with E-state index in [0.717, 1.165) is 23.2 Å². The molecule has 2 N–H and O–H groups in total. The van der Waals surface area contributed by atoms with Crippen LogP contribution in [0.5, 0.6) is 0 Å². The third-order valence-corrected chi connectivity index (χ3v) is 3.64. The van der Waals surface area contributed by atoms with Crippen molar-refractivity contribution in [1.82, 2.24) is 10.6 Å². The van der Waals surface area contributed by atoms with Crippen LogP contribution in [-0.4, -0.2) is 31.7 Å². The van der Waals surface area contributed by atoms with Crippen molar-refractivity contribution in [2.24, 2.45) is 0 Å². The molecule has 0 spiro atoms. The number of amides is 1. The number of carbonyl (C=O) groups is 1. The zero-order valence-electron chi connectivity index (χ0n) is 10.5. The van der Waals surface area contributed by atoms with Crippen molar-refractivity contribution in [2.45, 2.75) is 19.0 Å². The van der Waals surface area contributed by atoms with Gasteiger partial charge in [-0.05, 0) is 11.6 Å². The maximum atomic E-state index is 11.8. The average Bonchev–Trinajstić information content (AvgIpc) is 2.39. The number of carbonyl (C=O) groups excluding carboxylic acids is 1. The van der Waals surface area contributed by atoms with Crippen molar-refractivity contribution >= 4 is 34.2 Å². The summed E-state index contributed by atoms with van der Waals surface area (Å²) < 4.78 is 6.33. The molecule has 1 atom stereocenters. The summed E-state index contributed by atoms with van der Waals surface area (Å²) in [6.45, 7) is 2.72. The van der Waals surface area contributed by atoms with E-state index < -0.39 is 0 Å². The molecule has 1 amide bonds. The number of halogens is 2. The molecule has 1 aliphatic rings. The second kappa shape index (κ2) is 8.53. The van der Waals surface area contributed by atoms with Crippen LogP contribution in [0.1, 0.15) is 12.0 Å². The molecule has 0 bridgehead atoms. The molecule has 0 aliphatic carbocycles. The predicted molar refractivity (Wildman–Crippen MR) is 80.5 cm³/mol. The number of rotatable bonds is 4. The smallest absolute Gasteiger partial charge is 0.221 e. The molecule has 1 aliphatic heterocycles. The lowest BCUT2D eigenvalue weighted by Gasteiger charge is -2.23. The first kappa shape index (κ1) is 16.4. The molecule has 0 saturated carbocycles. The Bertz CT molecular complexity index is 411. The second-order valence-corrected chi connectivity index (χ2v) is 5.15. The normalized spacial score (nSPS) is 18.5. The van der Waals surface area contributed by atoms with Gasteiger partial charge in [-0.25, -0.2) is 0 Å². The van der Waals surface area contributed by atoms with E-state index in [0.29, 0.717) is 19.6 Å². The number of nitrogens with one attached hydrogen (secondary N) is 2. The monoisotopic (exact) mass is 348 g/mol. The summed E-state index contributed by atoms with van der Waals surface area (Å²) in [5.41, 5.74) is 1.08. The minimum Gasteiger partial charge on any atom is -0.378 e. The van der Waals surface area contributed by atoms with Gasteiger partial charge in [-0.15, -0.1) is 12.4 Å². The van der Waals surface area contributed by atoms with Crippen molar-refractivity contribution in [3.63, 3.8) is 0 Å². The summed E-state index contributed by atoms with van der Waals surface area (Å²) in [7, 11) is 0. The summed E-state index contributed by atoms with van der Waals surface area (Å²) in [6.07, 6.45) is 0.463. The lowest BCUT2D eigenvalue weighted by atomic mass is 10.2. The Morgan fingerprint density at radius 1 is 1.47 bits per heavy atom. The molecule has 1 aromatic rings. The molecule has 106 valence electrons. The van der Waals surface area contributed by atoms with Crippen LogP contribution in [0.15, 0.2) is 28.7 Å². The van der Waals surface area contributed by atoms with E-state index in [1.165, 1.54) is 0 Å². The number of hydrogen-bond donors (Lipinski definition) is 2. The fourth-order valence-corrected chi connectivity index (χ4v) is 2.31. The third kappa shape index (κ3) is 5.48. The fourth-order valence-electron chi connectivity index (χ4n) is 1.88. The number of morpholine rings is 1. The van der Waals surface area contributed by atoms with Crippen molar-refractivity contribution in [3.8, 4) is 0 Å². The first-order chi connectivity index (χ1) is 8.75. The van der Waals surface area contributed by atoms with Crippen molar-refractivity contribution < 1.29 is 9.53 Å². The van der Waals surface area contributed by atoms with Crippen LogP contribution >= 0.6 is 28.3 Å². The van der Waals surface area contributed by atoms with Gasteiger partial charge in [0, 0.05) is 30.0 Å². The highest BCUT2D eigenvalue weighted by Gasteiger charge is 2.16. The van der Waals surface area contributed by atoms with Crippen LogP contribution in [0.4, 0.5) is 0 Å². The third-order valence-electron chi connectivity index (χ3n) is 2.86. The molecule has 1 unspecified atom stereocenters. The van der Waals surface area contributed by atoms with Gasteiger partial charge in [-0.3, -0.25) is 4.79 Å². The van der Waals surface area contributed by atoms with Crippen LogP contribution < -0.4 is 10.6 Å². The van der Waals surface area contributed by atoms with Crippen molar-refractivity contribution in [3.05, 3.63) is 34.3 Å². The molecule has 4 nitrogen and oxygen atoms in total. The standard InChI is InChI=1S/C13H17BrN2O2.ClH/c14-12-4-2-1-3-10(12)8-16-13(17)7-11-9-18-6-5-15-11;/h1-4,11,15H,5-9H2,(H,16,17);1H. The van der Waals surface area contributed by atoms with E-state index in [1.807, 2.05) is 24.3 Å². The molecular formula is C13H18BrClN2O2. The molecule has 1 aromatic carbocycles. The highest BCUT2D eigenvalue weighted by molar-refractivity contribution is 9.10. The van der Waals surface area contributed by atoms with Gasteiger partial charge in [0.15, 0.2) is 0 Å². The van der Waals surface area contributed by atoms with E-state index >= 15 is 0 Å².